The highest BCUT2D eigenvalue weighted by Crippen LogP contribution is 2.20. The largest absolute Gasteiger partial charge is 0.375 e. The fraction of sp³-hybridized carbons (Fsp3) is 0.154. The molecular weight excluding hydrogens is 296 g/mol. The number of primary amides is 1. The molecule has 0 aliphatic carbocycles. The Hall–Kier alpha value is -2.54. The third-order valence-corrected chi connectivity index (χ3v) is 2.82. The van der Waals surface area contributed by atoms with Crippen molar-refractivity contribution in [1.82, 2.24) is 5.16 Å². The van der Waals surface area contributed by atoms with E-state index in [1.54, 1.807) is 25.1 Å². The number of halogens is 1. The number of rotatable bonds is 5. The predicted molar refractivity (Wildman–Crippen MR) is 78.3 cm³/mol. The second kappa shape index (κ2) is 6.27. The number of aryl methyl sites for hydroxylation is 1. The fourth-order valence-electron chi connectivity index (χ4n) is 1.66. The summed E-state index contributed by atoms with van der Waals surface area (Å²) in [5.74, 6) is -0.0567. The van der Waals surface area contributed by atoms with Gasteiger partial charge in [0.05, 0.1) is 12.1 Å². The first kappa shape index (κ1) is 14.9. The van der Waals surface area contributed by atoms with Gasteiger partial charge in [-0.2, -0.15) is 0 Å². The van der Waals surface area contributed by atoms with Gasteiger partial charge in [-0.05, 0) is 25.1 Å². The van der Waals surface area contributed by atoms with Crippen molar-refractivity contribution in [2.24, 2.45) is 5.73 Å². The van der Waals surface area contributed by atoms with Crippen LogP contribution >= 0.6 is 11.6 Å². The van der Waals surface area contributed by atoms with Crippen LogP contribution in [0.1, 0.15) is 16.1 Å². The van der Waals surface area contributed by atoms with Crippen LogP contribution in [-0.2, 0) is 4.79 Å². The minimum absolute atomic E-state index is 0.0617. The van der Waals surface area contributed by atoms with Gasteiger partial charge in [-0.1, -0.05) is 16.8 Å². The average Bonchev–Trinajstić information content (AvgIpc) is 2.82. The predicted octanol–water partition coefficient (Wildman–Crippen LogP) is 1.79. The normalized spacial score (nSPS) is 10.2. The number of carbonyl (C=O) groups is 2. The number of aromatic nitrogens is 1. The lowest BCUT2D eigenvalue weighted by Gasteiger charge is -2.10. The van der Waals surface area contributed by atoms with E-state index in [1.807, 2.05) is 0 Å². The first-order chi connectivity index (χ1) is 9.95. The highest BCUT2D eigenvalue weighted by molar-refractivity contribution is 6.31. The van der Waals surface area contributed by atoms with Crippen LogP contribution < -0.4 is 16.4 Å². The molecule has 0 fully saturated rings. The van der Waals surface area contributed by atoms with Crippen molar-refractivity contribution in [3.05, 3.63) is 40.6 Å². The molecule has 0 aliphatic heterocycles. The van der Waals surface area contributed by atoms with Crippen molar-refractivity contribution in [2.75, 3.05) is 17.2 Å². The monoisotopic (exact) mass is 308 g/mol. The summed E-state index contributed by atoms with van der Waals surface area (Å²) < 4.78 is 4.83. The first-order valence-corrected chi connectivity index (χ1v) is 6.40. The summed E-state index contributed by atoms with van der Waals surface area (Å²) in [6, 6.07) is 6.20. The molecule has 0 saturated heterocycles. The second-order valence-electron chi connectivity index (χ2n) is 4.28. The fourth-order valence-corrected chi connectivity index (χ4v) is 1.83. The number of nitrogens with zero attached hydrogens (tertiary/aromatic N) is 1. The van der Waals surface area contributed by atoms with Crippen LogP contribution in [0, 0.1) is 6.92 Å². The minimum atomic E-state index is -0.632. The van der Waals surface area contributed by atoms with Crippen LogP contribution in [0.25, 0.3) is 0 Å². The van der Waals surface area contributed by atoms with Crippen molar-refractivity contribution in [2.45, 2.75) is 6.92 Å². The Morgan fingerprint density at radius 2 is 2.14 bits per heavy atom. The molecule has 21 heavy (non-hydrogen) atoms. The molecule has 0 radical (unpaired) electrons. The molecule has 2 amide bonds. The van der Waals surface area contributed by atoms with Gasteiger partial charge >= 0.3 is 0 Å². The van der Waals surface area contributed by atoms with Crippen molar-refractivity contribution in [3.63, 3.8) is 0 Å². The number of amides is 2. The SMILES string of the molecule is Cc1cc(NC(=O)CNc2ccc(Cl)cc2C(N)=O)no1. The van der Waals surface area contributed by atoms with Gasteiger partial charge < -0.3 is 20.9 Å². The van der Waals surface area contributed by atoms with E-state index in [4.69, 9.17) is 21.9 Å². The zero-order chi connectivity index (χ0) is 15.4. The van der Waals surface area contributed by atoms with Crippen LogP contribution in [0.4, 0.5) is 11.5 Å². The second-order valence-corrected chi connectivity index (χ2v) is 4.72. The lowest BCUT2D eigenvalue weighted by Crippen LogP contribution is -2.23. The number of benzene rings is 1. The Kier molecular flexibility index (Phi) is 4.44. The molecule has 0 saturated carbocycles. The highest BCUT2D eigenvalue weighted by Gasteiger charge is 2.11. The van der Waals surface area contributed by atoms with E-state index in [0.29, 0.717) is 22.3 Å². The Bertz CT molecular complexity index is 684. The van der Waals surface area contributed by atoms with Crippen LogP contribution in [0.3, 0.4) is 0 Å². The number of anilines is 2. The molecule has 0 spiro atoms. The quantitative estimate of drug-likeness (QED) is 0.780. The van der Waals surface area contributed by atoms with Gasteiger partial charge in [-0.15, -0.1) is 0 Å². The lowest BCUT2D eigenvalue weighted by atomic mass is 10.1. The van der Waals surface area contributed by atoms with E-state index in [1.165, 1.54) is 6.07 Å². The van der Waals surface area contributed by atoms with E-state index in [9.17, 15) is 9.59 Å². The molecule has 0 aliphatic rings. The highest BCUT2D eigenvalue weighted by atomic mass is 35.5. The maximum atomic E-state index is 11.7. The summed E-state index contributed by atoms with van der Waals surface area (Å²) in [5, 5.41) is 9.39. The van der Waals surface area contributed by atoms with Crippen molar-refractivity contribution in [1.29, 1.82) is 0 Å². The molecule has 1 aromatic heterocycles. The van der Waals surface area contributed by atoms with Crippen molar-refractivity contribution < 1.29 is 14.1 Å². The third kappa shape index (κ3) is 3.96. The van der Waals surface area contributed by atoms with Gasteiger partial charge in [-0.25, -0.2) is 0 Å². The van der Waals surface area contributed by atoms with E-state index in [0.717, 1.165) is 0 Å². The lowest BCUT2D eigenvalue weighted by molar-refractivity contribution is -0.114. The van der Waals surface area contributed by atoms with E-state index in [2.05, 4.69) is 15.8 Å². The number of carbonyl (C=O) groups excluding carboxylic acids is 2. The van der Waals surface area contributed by atoms with Crippen LogP contribution in [-0.4, -0.2) is 23.5 Å². The van der Waals surface area contributed by atoms with Crippen molar-refractivity contribution in [3.8, 4) is 0 Å². The Labute approximate surface area is 125 Å². The Morgan fingerprint density at radius 1 is 1.38 bits per heavy atom. The standard InChI is InChI=1S/C13H13ClN4O3/c1-7-4-11(18-21-7)17-12(19)6-16-10-3-2-8(14)5-9(10)13(15)20/h2-5,16H,6H2,1H3,(H2,15,20)(H,17,18,19). The summed E-state index contributed by atoms with van der Waals surface area (Å²) in [6.45, 7) is 1.65. The van der Waals surface area contributed by atoms with Gasteiger partial charge in [-0.3, -0.25) is 9.59 Å². The summed E-state index contributed by atoms with van der Waals surface area (Å²) in [7, 11) is 0. The molecule has 1 heterocycles. The maximum Gasteiger partial charge on any atom is 0.250 e. The molecule has 1 aromatic carbocycles. The van der Waals surface area contributed by atoms with E-state index in [-0.39, 0.29) is 18.0 Å². The van der Waals surface area contributed by atoms with Gasteiger partial charge in [0.25, 0.3) is 5.91 Å². The van der Waals surface area contributed by atoms with E-state index >= 15 is 0 Å². The topological polar surface area (TPSA) is 110 Å². The smallest absolute Gasteiger partial charge is 0.250 e. The summed E-state index contributed by atoms with van der Waals surface area (Å²) in [6.07, 6.45) is 0. The van der Waals surface area contributed by atoms with Crippen LogP contribution in [0.2, 0.25) is 5.02 Å². The molecule has 7 nitrogen and oxygen atoms in total. The molecule has 4 N–H and O–H groups in total. The van der Waals surface area contributed by atoms with E-state index < -0.39 is 5.91 Å². The number of nitrogens with two attached hydrogens (primary N) is 1. The average molecular weight is 309 g/mol. The first-order valence-electron chi connectivity index (χ1n) is 6.02. The molecule has 8 heteroatoms. The van der Waals surface area contributed by atoms with Gasteiger partial charge in [0.2, 0.25) is 5.91 Å². The Balaban J connectivity index is 1.99. The van der Waals surface area contributed by atoms with Gasteiger partial charge in [0, 0.05) is 16.8 Å². The molecule has 0 unspecified atom stereocenters. The summed E-state index contributed by atoms with van der Waals surface area (Å²) >= 11 is 5.80. The molecule has 110 valence electrons. The third-order valence-electron chi connectivity index (χ3n) is 2.58. The molecule has 2 aromatic rings. The Morgan fingerprint density at radius 3 is 2.76 bits per heavy atom. The van der Waals surface area contributed by atoms with Crippen molar-refractivity contribution >= 4 is 34.9 Å². The summed E-state index contributed by atoms with van der Waals surface area (Å²) in [5.41, 5.74) is 5.90. The zero-order valence-electron chi connectivity index (χ0n) is 11.1. The van der Waals surface area contributed by atoms with Crippen LogP contribution in [0.5, 0.6) is 0 Å². The number of nitrogens with one attached hydrogen (secondary N) is 2. The number of hydrogen-bond donors (Lipinski definition) is 3. The zero-order valence-corrected chi connectivity index (χ0v) is 11.9. The molecule has 2 rings (SSSR count). The maximum absolute atomic E-state index is 11.7. The van der Waals surface area contributed by atoms with Gasteiger partial charge in [0.15, 0.2) is 5.82 Å². The van der Waals surface area contributed by atoms with Gasteiger partial charge in [0.1, 0.15) is 5.76 Å². The number of hydrogen-bond acceptors (Lipinski definition) is 5. The van der Waals surface area contributed by atoms with Crippen LogP contribution in [0.15, 0.2) is 28.8 Å². The molecule has 0 atom stereocenters. The molecule has 0 bridgehead atoms. The molecular formula is C13H13ClN4O3. The summed E-state index contributed by atoms with van der Waals surface area (Å²) in [4.78, 5) is 23.1. The minimum Gasteiger partial charge on any atom is -0.375 e.